The van der Waals surface area contributed by atoms with Gasteiger partial charge >= 0.3 is 0 Å². The monoisotopic (exact) mass is 407 g/mol. The Balaban J connectivity index is 2.12. The lowest BCUT2D eigenvalue weighted by Crippen LogP contribution is -2.11. The molecule has 0 aromatic heterocycles. The molecule has 0 bridgehead atoms. The second-order valence-electron chi connectivity index (χ2n) is 5.39. The molecule has 0 radical (unpaired) electrons. The summed E-state index contributed by atoms with van der Waals surface area (Å²) in [4.78, 5) is 33.9. The third-order valence-corrected chi connectivity index (χ3v) is 4.07. The molecule has 9 heteroatoms. The van der Waals surface area contributed by atoms with E-state index in [9.17, 15) is 19.7 Å². The molecule has 0 spiro atoms. The standard InChI is InChI=1S/C18H15Cl2N3O4/c1-2-17(24)21-12-5-7-13(19)15(10-12)22-18(25)8-4-11-3-6-14(20)16(9-11)23(26)27/h3-10H,2H2,1H3,(H,21,24)(H,22,25)/b8-4+. The van der Waals surface area contributed by atoms with Crippen LogP contribution in [0, 0.1) is 10.1 Å². The van der Waals surface area contributed by atoms with Gasteiger partial charge in [0, 0.05) is 24.3 Å². The Labute approximate surface area is 165 Å². The number of benzene rings is 2. The number of nitrogens with one attached hydrogen (secondary N) is 2. The van der Waals surface area contributed by atoms with Crippen LogP contribution in [-0.4, -0.2) is 16.7 Å². The van der Waals surface area contributed by atoms with E-state index in [1.54, 1.807) is 25.1 Å². The van der Waals surface area contributed by atoms with Gasteiger partial charge in [0.05, 0.1) is 15.6 Å². The van der Waals surface area contributed by atoms with Gasteiger partial charge in [-0.2, -0.15) is 0 Å². The Morgan fingerprint density at radius 1 is 1.11 bits per heavy atom. The summed E-state index contributed by atoms with van der Waals surface area (Å²) in [6.45, 7) is 1.72. The van der Waals surface area contributed by atoms with Crippen molar-refractivity contribution in [3.63, 3.8) is 0 Å². The van der Waals surface area contributed by atoms with Crippen LogP contribution in [0.5, 0.6) is 0 Å². The van der Waals surface area contributed by atoms with Crippen LogP contribution < -0.4 is 10.6 Å². The van der Waals surface area contributed by atoms with Crippen molar-refractivity contribution in [1.82, 2.24) is 0 Å². The molecule has 0 heterocycles. The highest BCUT2D eigenvalue weighted by molar-refractivity contribution is 6.34. The zero-order chi connectivity index (χ0) is 20.0. The highest BCUT2D eigenvalue weighted by Crippen LogP contribution is 2.27. The number of halogens is 2. The van der Waals surface area contributed by atoms with Crippen molar-refractivity contribution in [2.45, 2.75) is 13.3 Å². The van der Waals surface area contributed by atoms with Gasteiger partial charge in [-0.15, -0.1) is 0 Å². The summed E-state index contributed by atoms with van der Waals surface area (Å²) in [5.41, 5.74) is 1.01. The summed E-state index contributed by atoms with van der Waals surface area (Å²) in [6, 6.07) is 8.90. The van der Waals surface area contributed by atoms with Crippen molar-refractivity contribution in [2.24, 2.45) is 0 Å². The van der Waals surface area contributed by atoms with Crippen LogP contribution in [0.2, 0.25) is 10.0 Å². The molecule has 0 aliphatic carbocycles. The molecule has 2 aromatic rings. The molecule has 0 aliphatic rings. The topological polar surface area (TPSA) is 101 Å². The van der Waals surface area contributed by atoms with E-state index in [0.717, 1.165) is 0 Å². The van der Waals surface area contributed by atoms with Crippen LogP contribution in [0.25, 0.3) is 6.08 Å². The maximum Gasteiger partial charge on any atom is 0.288 e. The number of carbonyl (C=O) groups is 2. The Kier molecular flexibility index (Phi) is 6.92. The summed E-state index contributed by atoms with van der Waals surface area (Å²) in [5.74, 6) is -0.660. The molecule has 27 heavy (non-hydrogen) atoms. The van der Waals surface area contributed by atoms with Crippen molar-refractivity contribution >= 4 is 58.2 Å². The molecule has 2 aromatic carbocycles. The second-order valence-corrected chi connectivity index (χ2v) is 6.20. The molecule has 2 rings (SSSR count). The van der Waals surface area contributed by atoms with E-state index in [-0.39, 0.29) is 16.6 Å². The van der Waals surface area contributed by atoms with Gasteiger partial charge in [-0.25, -0.2) is 0 Å². The molecule has 140 valence electrons. The van der Waals surface area contributed by atoms with Crippen LogP contribution in [0.15, 0.2) is 42.5 Å². The van der Waals surface area contributed by atoms with Gasteiger partial charge < -0.3 is 10.6 Å². The number of carbonyl (C=O) groups excluding carboxylic acids is 2. The average molecular weight is 408 g/mol. The molecule has 0 atom stereocenters. The fourth-order valence-corrected chi connectivity index (χ4v) is 2.42. The number of hydrogen-bond acceptors (Lipinski definition) is 4. The SMILES string of the molecule is CCC(=O)Nc1ccc(Cl)c(NC(=O)/C=C/c2ccc(Cl)c([N+](=O)[O-])c2)c1. The number of hydrogen-bond donors (Lipinski definition) is 2. The highest BCUT2D eigenvalue weighted by Gasteiger charge is 2.12. The van der Waals surface area contributed by atoms with Crippen molar-refractivity contribution in [3.05, 3.63) is 68.2 Å². The summed E-state index contributed by atoms with van der Waals surface area (Å²) >= 11 is 11.8. The maximum absolute atomic E-state index is 12.1. The molecule has 0 saturated heterocycles. The van der Waals surface area contributed by atoms with Gasteiger partial charge in [0.25, 0.3) is 5.69 Å². The Morgan fingerprint density at radius 3 is 2.48 bits per heavy atom. The van der Waals surface area contributed by atoms with E-state index in [1.807, 2.05) is 0 Å². The first-order valence-electron chi connectivity index (χ1n) is 7.82. The van der Waals surface area contributed by atoms with Crippen molar-refractivity contribution in [1.29, 1.82) is 0 Å². The van der Waals surface area contributed by atoms with E-state index < -0.39 is 10.8 Å². The van der Waals surface area contributed by atoms with Gasteiger partial charge in [-0.3, -0.25) is 19.7 Å². The fourth-order valence-electron chi connectivity index (χ4n) is 2.07. The van der Waals surface area contributed by atoms with E-state index in [4.69, 9.17) is 23.2 Å². The van der Waals surface area contributed by atoms with Gasteiger partial charge in [-0.1, -0.05) is 36.2 Å². The van der Waals surface area contributed by atoms with Crippen molar-refractivity contribution in [3.8, 4) is 0 Å². The Bertz CT molecular complexity index is 929. The maximum atomic E-state index is 12.1. The van der Waals surface area contributed by atoms with E-state index in [1.165, 1.54) is 30.4 Å². The van der Waals surface area contributed by atoms with E-state index >= 15 is 0 Å². The molecule has 0 saturated carbocycles. The smallest absolute Gasteiger partial charge is 0.288 e. The normalized spacial score (nSPS) is 10.6. The number of nitro groups is 1. The summed E-state index contributed by atoms with van der Waals surface area (Å²) < 4.78 is 0. The third-order valence-electron chi connectivity index (χ3n) is 3.42. The van der Waals surface area contributed by atoms with Crippen LogP contribution in [0.3, 0.4) is 0 Å². The quantitative estimate of drug-likeness (QED) is 0.403. The summed E-state index contributed by atoms with van der Waals surface area (Å²) in [5, 5.41) is 16.5. The van der Waals surface area contributed by atoms with Crippen LogP contribution in [-0.2, 0) is 9.59 Å². The summed E-state index contributed by atoms with van der Waals surface area (Å²) in [7, 11) is 0. The van der Waals surface area contributed by atoms with Gasteiger partial charge in [-0.05, 0) is 35.9 Å². The van der Waals surface area contributed by atoms with Crippen molar-refractivity contribution < 1.29 is 14.5 Å². The number of amides is 2. The summed E-state index contributed by atoms with van der Waals surface area (Å²) in [6.07, 6.45) is 2.94. The van der Waals surface area contributed by atoms with Gasteiger partial charge in [0.1, 0.15) is 5.02 Å². The zero-order valence-electron chi connectivity index (χ0n) is 14.2. The molecule has 0 aliphatic heterocycles. The lowest BCUT2D eigenvalue weighted by Gasteiger charge is -2.09. The molecule has 2 N–H and O–H groups in total. The largest absolute Gasteiger partial charge is 0.326 e. The number of anilines is 2. The van der Waals surface area contributed by atoms with Crippen molar-refractivity contribution in [2.75, 3.05) is 10.6 Å². The Morgan fingerprint density at radius 2 is 1.81 bits per heavy atom. The highest BCUT2D eigenvalue weighted by atomic mass is 35.5. The minimum Gasteiger partial charge on any atom is -0.326 e. The molecule has 0 fully saturated rings. The minimum absolute atomic E-state index is 0.0133. The average Bonchev–Trinajstić information content (AvgIpc) is 2.63. The number of nitro benzene ring substituents is 1. The molecule has 0 unspecified atom stereocenters. The number of rotatable bonds is 6. The first kappa shape index (κ1) is 20.4. The zero-order valence-corrected chi connectivity index (χ0v) is 15.7. The van der Waals surface area contributed by atoms with E-state index in [0.29, 0.717) is 28.4 Å². The third kappa shape index (κ3) is 5.80. The number of nitrogens with zero attached hydrogens (tertiary/aromatic N) is 1. The van der Waals surface area contributed by atoms with E-state index in [2.05, 4.69) is 10.6 Å². The molecular formula is C18H15Cl2N3O4. The lowest BCUT2D eigenvalue weighted by atomic mass is 10.2. The lowest BCUT2D eigenvalue weighted by molar-refractivity contribution is -0.384. The molecule has 2 amide bonds. The van der Waals surface area contributed by atoms with Crippen LogP contribution in [0.1, 0.15) is 18.9 Å². The second kappa shape index (κ2) is 9.16. The van der Waals surface area contributed by atoms with Crippen LogP contribution in [0.4, 0.5) is 17.1 Å². The Hall–Kier alpha value is -2.90. The fraction of sp³-hybridized carbons (Fsp3) is 0.111. The molecule has 7 nitrogen and oxygen atoms in total. The predicted octanol–water partition coefficient (Wildman–Crippen LogP) is 4.90. The van der Waals surface area contributed by atoms with Gasteiger partial charge in [0.2, 0.25) is 11.8 Å². The predicted molar refractivity (Wildman–Crippen MR) is 106 cm³/mol. The molecular weight excluding hydrogens is 393 g/mol. The minimum atomic E-state index is -0.602. The van der Waals surface area contributed by atoms with Crippen LogP contribution >= 0.6 is 23.2 Å². The van der Waals surface area contributed by atoms with Gasteiger partial charge in [0.15, 0.2) is 0 Å². The first-order chi connectivity index (χ1) is 12.8. The first-order valence-corrected chi connectivity index (χ1v) is 8.58.